The minimum absolute atomic E-state index is 0.0449. The lowest BCUT2D eigenvalue weighted by molar-refractivity contribution is -0.0538. The molecule has 2 heterocycles. The second-order valence-corrected chi connectivity index (χ2v) is 4.84. The summed E-state index contributed by atoms with van der Waals surface area (Å²) in [6.45, 7) is 1.77. The minimum Gasteiger partial charge on any atom is -0.417 e. The van der Waals surface area contributed by atoms with Gasteiger partial charge in [-0.15, -0.1) is 0 Å². The monoisotopic (exact) mass is 271 g/mol. The van der Waals surface area contributed by atoms with E-state index in [1.807, 2.05) is 6.07 Å². The van der Waals surface area contributed by atoms with Gasteiger partial charge >= 0.3 is 6.61 Å². The summed E-state index contributed by atoms with van der Waals surface area (Å²) in [5, 5.41) is 0. The lowest BCUT2D eigenvalue weighted by Gasteiger charge is -2.31. The molecule has 1 aliphatic heterocycles. The molecular formula is C14H19F2NO2. The fourth-order valence-electron chi connectivity index (χ4n) is 2.45. The zero-order valence-corrected chi connectivity index (χ0v) is 11.2. The van der Waals surface area contributed by atoms with Gasteiger partial charge in [0.15, 0.2) is 0 Å². The number of halogens is 2. The maximum atomic E-state index is 12.1. The highest BCUT2D eigenvalue weighted by Crippen LogP contribution is 2.33. The number of alkyl halides is 2. The maximum Gasteiger partial charge on any atom is 0.388 e. The van der Waals surface area contributed by atoms with Crippen molar-refractivity contribution in [1.29, 1.82) is 0 Å². The molecule has 3 nitrogen and oxygen atoms in total. The molecule has 106 valence electrons. The first-order chi connectivity index (χ1) is 9.11. The third-order valence-corrected chi connectivity index (χ3v) is 3.52. The Kier molecular flexibility index (Phi) is 4.69. The molecule has 0 bridgehead atoms. The molecule has 1 aliphatic rings. The molecule has 19 heavy (non-hydrogen) atoms. The molecule has 0 saturated carbocycles. The zero-order chi connectivity index (χ0) is 13.8. The van der Waals surface area contributed by atoms with Crippen LogP contribution in [0.5, 0.6) is 5.88 Å². The zero-order valence-electron chi connectivity index (χ0n) is 11.2. The van der Waals surface area contributed by atoms with Crippen LogP contribution in [0.15, 0.2) is 12.1 Å². The Morgan fingerprint density at radius 2 is 2.26 bits per heavy atom. The summed E-state index contributed by atoms with van der Waals surface area (Å²) in [6, 6.07) is 3.33. The first-order valence-corrected chi connectivity index (χ1v) is 6.68. The number of hydrogen-bond acceptors (Lipinski definition) is 3. The molecule has 0 saturated heterocycles. The van der Waals surface area contributed by atoms with Crippen molar-refractivity contribution in [3.63, 3.8) is 0 Å². The molecule has 5 heteroatoms. The Bertz CT molecular complexity index is 426. The lowest BCUT2D eigenvalue weighted by atomic mass is 9.89. The smallest absolute Gasteiger partial charge is 0.388 e. The van der Waals surface area contributed by atoms with Crippen LogP contribution in [0.3, 0.4) is 0 Å². The highest BCUT2D eigenvalue weighted by Gasteiger charge is 2.27. The quantitative estimate of drug-likeness (QED) is 0.814. The summed E-state index contributed by atoms with van der Waals surface area (Å²) in [6.07, 6.45) is 3.48. The Balaban J connectivity index is 2.11. The number of fused-ring (bicyclic) bond motifs is 1. The average molecular weight is 271 g/mol. The standard InChI is InChI=1S/C14H19F2NO2/c1-3-4-5-12-9(2)10-6-7-13(19-14(15)16)17-11(10)8-18-12/h6-7,9,12,14H,3-5,8H2,1-2H3/t9-,12-/m0/s1. The van der Waals surface area contributed by atoms with Crippen molar-refractivity contribution in [1.82, 2.24) is 4.98 Å². The number of rotatable bonds is 5. The first-order valence-electron chi connectivity index (χ1n) is 6.68. The summed E-state index contributed by atoms with van der Waals surface area (Å²) in [5.41, 5.74) is 1.78. The number of pyridine rings is 1. The predicted molar refractivity (Wildman–Crippen MR) is 67.4 cm³/mol. The molecular weight excluding hydrogens is 252 g/mol. The van der Waals surface area contributed by atoms with E-state index in [-0.39, 0.29) is 17.9 Å². The van der Waals surface area contributed by atoms with Crippen LogP contribution in [-0.2, 0) is 11.3 Å². The summed E-state index contributed by atoms with van der Waals surface area (Å²) in [4.78, 5) is 4.09. The highest BCUT2D eigenvalue weighted by molar-refractivity contribution is 5.30. The molecule has 0 amide bonds. The van der Waals surface area contributed by atoms with Crippen LogP contribution in [0.2, 0.25) is 0 Å². The van der Waals surface area contributed by atoms with Crippen molar-refractivity contribution in [3.8, 4) is 5.88 Å². The molecule has 2 rings (SSSR count). The molecule has 2 atom stereocenters. The van der Waals surface area contributed by atoms with Gasteiger partial charge in [-0.05, 0) is 12.0 Å². The van der Waals surface area contributed by atoms with Gasteiger partial charge in [0, 0.05) is 12.0 Å². The van der Waals surface area contributed by atoms with Gasteiger partial charge in [0.05, 0.1) is 18.4 Å². The average Bonchev–Trinajstić information content (AvgIpc) is 2.37. The third kappa shape index (κ3) is 3.41. The molecule has 0 fully saturated rings. The van der Waals surface area contributed by atoms with E-state index in [4.69, 9.17) is 4.74 Å². The first kappa shape index (κ1) is 14.2. The summed E-state index contributed by atoms with van der Waals surface area (Å²) in [7, 11) is 0. The van der Waals surface area contributed by atoms with Crippen LogP contribution in [0.25, 0.3) is 0 Å². The SMILES string of the molecule is CCCC[C@@H]1OCc2nc(OC(F)F)ccc2[C@@H]1C. The van der Waals surface area contributed by atoms with Gasteiger partial charge in [-0.3, -0.25) is 0 Å². The van der Waals surface area contributed by atoms with Gasteiger partial charge in [-0.25, -0.2) is 4.98 Å². The van der Waals surface area contributed by atoms with Gasteiger partial charge in [0.2, 0.25) is 5.88 Å². The molecule has 1 aromatic rings. The maximum absolute atomic E-state index is 12.1. The van der Waals surface area contributed by atoms with E-state index in [1.54, 1.807) is 0 Å². The Hall–Kier alpha value is -1.23. The van der Waals surface area contributed by atoms with E-state index < -0.39 is 6.61 Å². The van der Waals surface area contributed by atoms with Crippen molar-refractivity contribution >= 4 is 0 Å². The summed E-state index contributed by atoms with van der Waals surface area (Å²) >= 11 is 0. The van der Waals surface area contributed by atoms with Crippen LogP contribution in [0, 0.1) is 0 Å². The van der Waals surface area contributed by atoms with Crippen molar-refractivity contribution in [2.24, 2.45) is 0 Å². The highest BCUT2D eigenvalue weighted by atomic mass is 19.3. The fraction of sp³-hybridized carbons (Fsp3) is 0.643. The van der Waals surface area contributed by atoms with Crippen LogP contribution < -0.4 is 4.74 Å². The molecule has 0 spiro atoms. The van der Waals surface area contributed by atoms with E-state index in [2.05, 4.69) is 23.6 Å². The predicted octanol–water partition coefficient (Wildman–Crippen LogP) is 3.88. The third-order valence-electron chi connectivity index (χ3n) is 3.52. The van der Waals surface area contributed by atoms with Gasteiger partial charge in [0.1, 0.15) is 0 Å². The second kappa shape index (κ2) is 6.28. The van der Waals surface area contributed by atoms with Crippen LogP contribution in [0.1, 0.15) is 50.3 Å². The molecule has 0 aromatic carbocycles. The van der Waals surface area contributed by atoms with Crippen LogP contribution >= 0.6 is 0 Å². The van der Waals surface area contributed by atoms with Gasteiger partial charge < -0.3 is 9.47 Å². The number of unbranched alkanes of at least 4 members (excludes halogenated alkanes) is 1. The van der Waals surface area contributed by atoms with Crippen LogP contribution in [-0.4, -0.2) is 17.7 Å². The van der Waals surface area contributed by atoms with E-state index >= 15 is 0 Å². The van der Waals surface area contributed by atoms with Gasteiger partial charge in [-0.2, -0.15) is 8.78 Å². The lowest BCUT2D eigenvalue weighted by Crippen LogP contribution is -2.27. The second-order valence-electron chi connectivity index (χ2n) is 4.84. The number of hydrogen-bond donors (Lipinski definition) is 0. The number of ether oxygens (including phenoxy) is 2. The van der Waals surface area contributed by atoms with E-state index in [1.165, 1.54) is 6.07 Å². The van der Waals surface area contributed by atoms with E-state index in [0.717, 1.165) is 24.8 Å². The number of nitrogens with zero attached hydrogens (tertiary/aromatic N) is 1. The Morgan fingerprint density at radius 3 is 2.95 bits per heavy atom. The Morgan fingerprint density at radius 1 is 1.47 bits per heavy atom. The van der Waals surface area contributed by atoms with Crippen molar-refractivity contribution in [2.75, 3.05) is 0 Å². The van der Waals surface area contributed by atoms with Crippen molar-refractivity contribution in [3.05, 3.63) is 23.4 Å². The van der Waals surface area contributed by atoms with E-state index in [0.29, 0.717) is 12.3 Å². The van der Waals surface area contributed by atoms with Crippen molar-refractivity contribution in [2.45, 2.75) is 58.4 Å². The van der Waals surface area contributed by atoms with Gasteiger partial charge in [0.25, 0.3) is 0 Å². The molecule has 0 aliphatic carbocycles. The summed E-state index contributed by atoms with van der Waals surface area (Å²) < 4.78 is 34.4. The minimum atomic E-state index is -2.84. The topological polar surface area (TPSA) is 31.4 Å². The van der Waals surface area contributed by atoms with Crippen LogP contribution in [0.4, 0.5) is 8.78 Å². The van der Waals surface area contributed by atoms with Crippen molar-refractivity contribution < 1.29 is 18.3 Å². The molecule has 0 radical (unpaired) electrons. The normalized spacial score (nSPS) is 22.4. The number of aromatic nitrogens is 1. The van der Waals surface area contributed by atoms with E-state index in [9.17, 15) is 8.78 Å². The largest absolute Gasteiger partial charge is 0.417 e. The molecule has 0 N–H and O–H groups in total. The summed E-state index contributed by atoms with van der Waals surface area (Å²) in [5.74, 6) is 0.194. The fourth-order valence-corrected chi connectivity index (χ4v) is 2.45. The molecule has 0 unspecified atom stereocenters. The van der Waals surface area contributed by atoms with Gasteiger partial charge in [-0.1, -0.05) is 32.8 Å². The molecule has 1 aromatic heterocycles. The Labute approximate surface area is 111 Å².